The van der Waals surface area contributed by atoms with E-state index in [0.29, 0.717) is 6.61 Å². The lowest BCUT2D eigenvalue weighted by Crippen LogP contribution is -2.34. The first-order valence-corrected chi connectivity index (χ1v) is 8.14. The number of amides is 2. The van der Waals surface area contributed by atoms with Gasteiger partial charge in [-0.2, -0.15) is 0 Å². The van der Waals surface area contributed by atoms with E-state index in [2.05, 4.69) is 28.8 Å². The van der Waals surface area contributed by atoms with Crippen LogP contribution in [0.15, 0.2) is 48.5 Å². The van der Waals surface area contributed by atoms with Gasteiger partial charge in [0.2, 0.25) is 0 Å². The number of carbonyl (C=O) groups is 1. The van der Waals surface area contributed by atoms with Crippen molar-refractivity contribution in [3.05, 3.63) is 59.7 Å². The normalized spacial score (nSPS) is 16.3. The highest BCUT2D eigenvalue weighted by molar-refractivity contribution is 5.89. The van der Waals surface area contributed by atoms with Crippen molar-refractivity contribution >= 4 is 11.7 Å². The number of carbonyl (C=O) groups excluding carboxylic acids is 1. The average molecular weight is 310 g/mol. The number of benzene rings is 2. The number of aryl methyl sites for hydroxylation is 1. The lowest BCUT2D eigenvalue weighted by molar-refractivity contribution is 0.247. The van der Waals surface area contributed by atoms with Crippen molar-refractivity contribution < 1.29 is 9.53 Å². The Bertz CT molecular complexity index is 685. The number of rotatable bonds is 4. The van der Waals surface area contributed by atoms with Gasteiger partial charge >= 0.3 is 6.03 Å². The quantitative estimate of drug-likeness (QED) is 0.885. The van der Waals surface area contributed by atoms with Crippen LogP contribution in [0.4, 0.5) is 10.5 Å². The van der Waals surface area contributed by atoms with Gasteiger partial charge in [-0.3, -0.25) is 0 Å². The minimum atomic E-state index is -0.180. The fraction of sp³-hybridized carbons (Fsp3) is 0.316. The van der Waals surface area contributed by atoms with Crippen LogP contribution in [-0.2, 0) is 6.42 Å². The first-order valence-electron chi connectivity index (χ1n) is 8.14. The van der Waals surface area contributed by atoms with Crippen molar-refractivity contribution in [2.24, 2.45) is 0 Å². The molecule has 0 radical (unpaired) electrons. The molecule has 0 aliphatic heterocycles. The standard InChI is InChI=1S/C19H22N2O2/c1-2-23-16-10-6-9-15(13-16)20-19(22)21-18-12-5-8-14-7-3-4-11-17(14)18/h3-4,6-7,9-11,13,18H,2,5,8,12H2,1H3,(H2,20,21,22). The van der Waals surface area contributed by atoms with Crippen molar-refractivity contribution in [3.8, 4) is 5.75 Å². The number of hydrogen-bond donors (Lipinski definition) is 2. The molecular formula is C19H22N2O2. The maximum Gasteiger partial charge on any atom is 0.319 e. The monoisotopic (exact) mass is 310 g/mol. The van der Waals surface area contributed by atoms with E-state index in [4.69, 9.17) is 4.74 Å². The van der Waals surface area contributed by atoms with E-state index in [1.165, 1.54) is 11.1 Å². The molecule has 0 saturated heterocycles. The second-order valence-corrected chi connectivity index (χ2v) is 5.70. The van der Waals surface area contributed by atoms with Gasteiger partial charge < -0.3 is 15.4 Å². The Morgan fingerprint density at radius 1 is 1.22 bits per heavy atom. The molecular weight excluding hydrogens is 288 g/mol. The summed E-state index contributed by atoms with van der Waals surface area (Å²) < 4.78 is 5.45. The Hall–Kier alpha value is -2.49. The summed E-state index contributed by atoms with van der Waals surface area (Å²) in [4.78, 5) is 12.3. The molecule has 1 aliphatic carbocycles. The van der Waals surface area contributed by atoms with Gasteiger partial charge in [-0.15, -0.1) is 0 Å². The molecule has 120 valence electrons. The molecule has 3 rings (SSSR count). The lowest BCUT2D eigenvalue weighted by Gasteiger charge is -2.26. The second-order valence-electron chi connectivity index (χ2n) is 5.70. The van der Waals surface area contributed by atoms with Crippen molar-refractivity contribution in [1.82, 2.24) is 5.32 Å². The van der Waals surface area contributed by atoms with Crippen LogP contribution in [0, 0.1) is 0 Å². The van der Waals surface area contributed by atoms with E-state index >= 15 is 0 Å². The Kier molecular flexibility index (Phi) is 4.81. The summed E-state index contributed by atoms with van der Waals surface area (Å²) in [6.45, 7) is 2.54. The number of ether oxygens (including phenoxy) is 1. The zero-order valence-electron chi connectivity index (χ0n) is 13.3. The lowest BCUT2D eigenvalue weighted by atomic mass is 9.88. The Labute approximate surface area is 136 Å². The molecule has 23 heavy (non-hydrogen) atoms. The Morgan fingerprint density at radius 2 is 2.09 bits per heavy atom. The van der Waals surface area contributed by atoms with Crippen molar-refractivity contribution in [2.45, 2.75) is 32.2 Å². The molecule has 2 amide bonds. The SMILES string of the molecule is CCOc1cccc(NC(=O)NC2CCCc3ccccc32)c1. The highest BCUT2D eigenvalue weighted by Crippen LogP contribution is 2.29. The largest absolute Gasteiger partial charge is 0.494 e. The van der Waals surface area contributed by atoms with Crippen molar-refractivity contribution in [2.75, 3.05) is 11.9 Å². The average Bonchev–Trinajstić information content (AvgIpc) is 2.56. The Balaban J connectivity index is 1.65. The molecule has 2 aromatic carbocycles. The summed E-state index contributed by atoms with van der Waals surface area (Å²) in [6, 6.07) is 15.7. The zero-order valence-corrected chi connectivity index (χ0v) is 13.3. The highest BCUT2D eigenvalue weighted by Gasteiger charge is 2.21. The number of nitrogens with one attached hydrogen (secondary N) is 2. The summed E-state index contributed by atoms with van der Waals surface area (Å²) in [5.41, 5.74) is 3.30. The Morgan fingerprint density at radius 3 is 2.96 bits per heavy atom. The number of hydrogen-bond acceptors (Lipinski definition) is 2. The summed E-state index contributed by atoms with van der Waals surface area (Å²) in [5.74, 6) is 0.758. The maximum absolute atomic E-state index is 12.3. The molecule has 1 unspecified atom stereocenters. The highest BCUT2D eigenvalue weighted by atomic mass is 16.5. The molecule has 1 atom stereocenters. The number of fused-ring (bicyclic) bond motifs is 1. The van der Waals surface area contributed by atoms with E-state index in [1.54, 1.807) is 0 Å². The van der Waals surface area contributed by atoms with Gasteiger partial charge in [-0.05, 0) is 49.4 Å². The molecule has 1 aliphatic rings. The second kappa shape index (κ2) is 7.18. The molecule has 0 saturated carbocycles. The third kappa shape index (κ3) is 3.83. The van der Waals surface area contributed by atoms with Gasteiger partial charge in [-0.25, -0.2) is 4.79 Å². The summed E-state index contributed by atoms with van der Waals surface area (Å²) in [7, 11) is 0. The first-order chi connectivity index (χ1) is 11.3. The van der Waals surface area contributed by atoms with Crippen LogP contribution >= 0.6 is 0 Å². The van der Waals surface area contributed by atoms with Gasteiger partial charge in [0.1, 0.15) is 5.75 Å². The smallest absolute Gasteiger partial charge is 0.319 e. The molecule has 0 spiro atoms. The predicted octanol–water partition coefficient (Wildman–Crippen LogP) is 4.28. The van der Waals surface area contributed by atoms with Crippen LogP contribution in [0.3, 0.4) is 0 Å². The minimum absolute atomic E-state index is 0.0787. The topological polar surface area (TPSA) is 50.4 Å². The van der Waals surface area contributed by atoms with E-state index in [9.17, 15) is 4.79 Å². The van der Waals surface area contributed by atoms with Gasteiger partial charge in [0.15, 0.2) is 0 Å². The van der Waals surface area contributed by atoms with E-state index in [0.717, 1.165) is 30.7 Å². The number of anilines is 1. The third-order valence-electron chi connectivity index (χ3n) is 4.08. The molecule has 4 nitrogen and oxygen atoms in total. The minimum Gasteiger partial charge on any atom is -0.494 e. The van der Waals surface area contributed by atoms with Gasteiger partial charge in [0.05, 0.1) is 12.6 Å². The van der Waals surface area contributed by atoms with Crippen molar-refractivity contribution in [3.63, 3.8) is 0 Å². The van der Waals surface area contributed by atoms with Crippen molar-refractivity contribution in [1.29, 1.82) is 0 Å². The third-order valence-corrected chi connectivity index (χ3v) is 4.08. The molecule has 2 aromatic rings. The van der Waals surface area contributed by atoms with Crippen LogP contribution in [-0.4, -0.2) is 12.6 Å². The first kappa shape index (κ1) is 15.4. The van der Waals surface area contributed by atoms with E-state index in [-0.39, 0.29) is 12.1 Å². The maximum atomic E-state index is 12.3. The summed E-state index contributed by atoms with van der Waals surface area (Å²) in [6.07, 6.45) is 3.16. The van der Waals surface area contributed by atoms with Crippen LogP contribution in [0.1, 0.15) is 36.9 Å². The molecule has 0 fully saturated rings. The molecule has 2 N–H and O–H groups in total. The van der Waals surface area contributed by atoms with E-state index in [1.807, 2.05) is 37.3 Å². The van der Waals surface area contributed by atoms with Gasteiger partial charge in [0.25, 0.3) is 0 Å². The van der Waals surface area contributed by atoms with E-state index < -0.39 is 0 Å². The predicted molar refractivity (Wildman–Crippen MR) is 91.9 cm³/mol. The molecule has 0 heterocycles. The summed E-state index contributed by atoms with van der Waals surface area (Å²) >= 11 is 0. The van der Waals surface area contributed by atoms with Crippen LogP contribution in [0.5, 0.6) is 5.75 Å². The van der Waals surface area contributed by atoms with Crippen LogP contribution in [0.25, 0.3) is 0 Å². The van der Waals surface area contributed by atoms with Gasteiger partial charge in [0, 0.05) is 11.8 Å². The fourth-order valence-electron chi connectivity index (χ4n) is 3.06. The zero-order chi connectivity index (χ0) is 16.1. The van der Waals surface area contributed by atoms with Crippen LogP contribution < -0.4 is 15.4 Å². The summed E-state index contributed by atoms with van der Waals surface area (Å²) in [5, 5.41) is 5.97. The molecule has 0 aromatic heterocycles. The molecule has 0 bridgehead atoms. The number of urea groups is 1. The molecule has 4 heteroatoms. The fourth-order valence-corrected chi connectivity index (χ4v) is 3.06. The van der Waals surface area contributed by atoms with Gasteiger partial charge in [-0.1, -0.05) is 30.3 Å². The van der Waals surface area contributed by atoms with Crippen LogP contribution in [0.2, 0.25) is 0 Å².